The van der Waals surface area contributed by atoms with E-state index in [1.165, 1.54) is 24.8 Å². The summed E-state index contributed by atoms with van der Waals surface area (Å²) in [5.74, 6) is 0. The highest BCUT2D eigenvalue weighted by molar-refractivity contribution is 5.28. The number of pyridine rings is 1. The van der Waals surface area contributed by atoms with Crippen molar-refractivity contribution in [3.63, 3.8) is 0 Å². The zero-order chi connectivity index (χ0) is 10.5. The first-order chi connectivity index (χ1) is 7.42. The van der Waals surface area contributed by atoms with Gasteiger partial charge in [-0.05, 0) is 43.5 Å². The summed E-state index contributed by atoms with van der Waals surface area (Å²) in [6.45, 7) is 3.16. The van der Waals surface area contributed by atoms with E-state index < -0.39 is 0 Å². The van der Waals surface area contributed by atoms with Gasteiger partial charge in [-0.2, -0.15) is 0 Å². The molecule has 1 atom stereocenters. The lowest BCUT2D eigenvalue weighted by molar-refractivity contribution is 0.605. The smallest absolute Gasteiger partial charge is 0.0537 e. The molecule has 15 heavy (non-hydrogen) atoms. The van der Waals surface area contributed by atoms with Crippen LogP contribution in [-0.4, -0.2) is 11.5 Å². The van der Waals surface area contributed by atoms with E-state index in [4.69, 9.17) is 0 Å². The van der Waals surface area contributed by atoms with Crippen LogP contribution in [0, 0.1) is 0 Å². The molecule has 1 N–H and O–H groups in total. The third-order valence-electron chi connectivity index (χ3n) is 2.89. The number of hydrogen-bond donors (Lipinski definition) is 1. The van der Waals surface area contributed by atoms with E-state index >= 15 is 0 Å². The van der Waals surface area contributed by atoms with E-state index in [-0.39, 0.29) is 0 Å². The fraction of sp³-hybridized carbons (Fsp3) is 0.462. The van der Waals surface area contributed by atoms with Gasteiger partial charge in [-0.15, -0.1) is 0 Å². The highest BCUT2D eigenvalue weighted by Crippen LogP contribution is 2.30. The predicted octanol–water partition coefficient (Wildman–Crippen LogP) is 2.84. The van der Waals surface area contributed by atoms with E-state index in [1.54, 1.807) is 5.57 Å². The van der Waals surface area contributed by atoms with Crippen LogP contribution in [-0.2, 0) is 0 Å². The van der Waals surface area contributed by atoms with Gasteiger partial charge < -0.3 is 5.32 Å². The lowest BCUT2D eigenvalue weighted by atomic mass is 9.99. The number of hydrogen-bond acceptors (Lipinski definition) is 2. The summed E-state index contributed by atoms with van der Waals surface area (Å²) < 4.78 is 0. The molecule has 0 fully saturated rings. The molecule has 0 spiro atoms. The molecular formula is C13H18N2. The van der Waals surface area contributed by atoms with Crippen molar-refractivity contribution >= 4 is 0 Å². The Labute approximate surface area is 91.4 Å². The van der Waals surface area contributed by atoms with Crippen molar-refractivity contribution in [2.45, 2.75) is 32.2 Å². The maximum absolute atomic E-state index is 4.07. The van der Waals surface area contributed by atoms with Gasteiger partial charge in [-0.25, -0.2) is 0 Å². The highest BCUT2D eigenvalue weighted by atomic mass is 14.9. The molecule has 0 aromatic carbocycles. The van der Waals surface area contributed by atoms with Crippen molar-refractivity contribution < 1.29 is 0 Å². The standard InChI is InChI=1S/C13H18N2/c1-2-15-13(11-5-3-4-6-11)12-7-9-14-10-8-12/h5,7-10,13,15H,2-4,6H2,1H3. The molecule has 1 aromatic rings. The molecular weight excluding hydrogens is 184 g/mol. The second kappa shape index (κ2) is 5.08. The quantitative estimate of drug-likeness (QED) is 0.759. The SMILES string of the molecule is CCNC(C1=CCCC1)c1ccncc1. The number of nitrogens with one attached hydrogen (secondary N) is 1. The van der Waals surface area contributed by atoms with Gasteiger partial charge in [0.25, 0.3) is 0 Å². The van der Waals surface area contributed by atoms with E-state index in [9.17, 15) is 0 Å². The van der Waals surface area contributed by atoms with Crippen LogP contribution < -0.4 is 5.32 Å². The lowest BCUT2D eigenvalue weighted by Gasteiger charge is -2.19. The monoisotopic (exact) mass is 202 g/mol. The minimum atomic E-state index is 0.403. The van der Waals surface area contributed by atoms with Crippen LogP contribution in [0.2, 0.25) is 0 Å². The molecule has 0 amide bonds. The molecule has 1 aromatic heterocycles. The summed E-state index contributed by atoms with van der Waals surface area (Å²) in [5.41, 5.74) is 2.88. The molecule has 0 bridgehead atoms. The third-order valence-corrected chi connectivity index (χ3v) is 2.89. The summed E-state index contributed by atoms with van der Waals surface area (Å²) in [6, 6.07) is 4.61. The average molecular weight is 202 g/mol. The second-order valence-corrected chi connectivity index (χ2v) is 3.94. The van der Waals surface area contributed by atoms with Gasteiger partial charge in [0.2, 0.25) is 0 Å². The molecule has 2 nitrogen and oxygen atoms in total. The van der Waals surface area contributed by atoms with E-state index in [1.807, 2.05) is 12.4 Å². The van der Waals surface area contributed by atoms with Crippen molar-refractivity contribution in [1.29, 1.82) is 0 Å². The van der Waals surface area contributed by atoms with Crippen molar-refractivity contribution in [2.75, 3.05) is 6.54 Å². The molecule has 1 aliphatic carbocycles. The number of rotatable bonds is 4. The minimum Gasteiger partial charge on any atom is -0.307 e. The predicted molar refractivity (Wildman–Crippen MR) is 62.6 cm³/mol. The fourth-order valence-corrected chi connectivity index (χ4v) is 2.18. The number of likely N-dealkylation sites (N-methyl/N-ethyl adjacent to an activating group) is 1. The van der Waals surface area contributed by atoms with E-state index in [2.05, 4.69) is 35.4 Å². The minimum absolute atomic E-state index is 0.403. The van der Waals surface area contributed by atoms with Crippen LogP contribution in [0.4, 0.5) is 0 Å². The van der Waals surface area contributed by atoms with Crippen LogP contribution in [0.1, 0.15) is 37.8 Å². The number of allylic oxidation sites excluding steroid dienone is 1. The van der Waals surface area contributed by atoms with Gasteiger partial charge in [-0.1, -0.05) is 18.6 Å². The Bertz CT molecular complexity index is 330. The molecule has 1 aliphatic rings. The highest BCUT2D eigenvalue weighted by Gasteiger charge is 2.17. The summed E-state index contributed by atoms with van der Waals surface area (Å²) in [7, 11) is 0. The zero-order valence-corrected chi connectivity index (χ0v) is 9.24. The lowest BCUT2D eigenvalue weighted by Crippen LogP contribution is -2.22. The van der Waals surface area contributed by atoms with Crippen LogP contribution >= 0.6 is 0 Å². The van der Waals surface area contributed by atoms with Crippen LogP contribution in [0.5, 0.6) is 0 Å². The maximum Gasteiger partial charge on any atom is 0.0537 e. The Morgan fingerprint density at radius 2 is 2.20 bits per heavy atom. The van der Waals surface area contributed by atoms with Crippen molar-refractivity contribution in [2.24, 2.45) is 0 Å². The Balaban J connectivity index is 2.19. The summed E-state index contributed by atoms with van der Waals surface area (Å²) in [6.07, 6.45) is 9.91. The Morgan fingerprint density at radius 1 is 1.40 bits per heavy atom. The topological polar surface area (TPSA) is 24.9 Å². The van der Waals surface area contributed by atoms with Gasteiger partial charge in [0, 0.05) is 12.4 Å². The molecule has 0 aliphatic heterocycles. The molecule has 0 radical (unpaired) electrons. The van der Waals surface area contributed by atoms with Gasteiger partial charge in [0.15, 0.2) is 0 Å². The second-order valence-electron chi connectivity index (χ2n) is 3.94. The van der Waals surface area contributed by atoms with E-state index in [0.29, 0.717) is 6.04 Å². The van der Waals surface area contributed by atoms with Crippen LogP contribution in [0.15, 0.2) is 36.2 Å². The molecule has 80 valence electrons. The molecule has 0 saturated heterocycles. The largest absolute Gasteiger partial charge is 0.307 e. The van der Waals surface area contributed by atoms with Gasteiger partial charge in [-0.3, -0.25) is 4.98 Å². The third kappa shape index (κ3) is 2.45. The molecule has 1 unspecified atom stereocenters. The van der Waals surface area contributed by atoms with Gasteiger partial charge >= 0.3 is 0 Å². The Hall–Kier alpha value is -1.15. The van der Waals surface area contributed by atoms with Crippen LogP contribution in [0.25, 0.3) is 0 Å². The van der Waals surface area contributed by atoms with Crippen molar-refractivity contribution in [3.05, 3.63) is 41.7 Å². The first-order valence-corrected chi connectivity index (χ1v) is 5.74. The number of aromatic nitrogens is 1. The fourth-order valence-electron chi connectivity index (χ4n) is 2.18. The Kier molecular flexibility index (Phi) is 3.51. The molecule has 2 heteroatoms. The maximum atomic E-state index is 4.07. The average Bonchev–Trinajstić information content (AvgIpc) is 2.80. The first-order valence-electron chi connectivity index (χ1n) is 5.74. The normalized spacial score (nSPS) is 17.5. The molecule has 1 heterocycles. The van der Waals surface area contributed by atoms with Gasteiger partial charge in [0.05, 0.1) is 6.04 Å². The summed E-state index contributed by atoms with van der Waals surface area (Å²) >= 11 is 0. The molecule has 0 saturated carbocycles. The Morgan fingerprint density at radius 3 is 2.80 bits per heavy atom. The van der Waals surface area contributed by atoms with E-state index in [0.717, 1.165) is 6.54 Å². The van der Waals surface area contributed by atoms with Crippen molar-refractivity contribution in [3.8, 4) is 0 Å². The van der Waals surface area contributed by atoms with Crippen LogP contribution in [0.3, 0.4) is 0 Å². The zero-order valence-electron chi connectivity index (χ0n) is 9.24. The summed E-state index contributed by atoms with van der Waals surface area (Å²) in [5, 5.41) is 3.54. The molecule has 2 rings (SSSR count). The van der Waals surface area contributed by atoms with Crippen molar-refractivity contribution in [1.82, 2.24) is 10.3 Å². The summed E-state index contributed by atoms with van der Waals surface area (Å²) in [4.78, 5) is 4.07. The van der Waals surface area contributed by atoms with Gasteiger partial charge in [0.1, 0.15) is 0 Å². The number of nitrogens with zero attached hydrogens (tertiary/aromatic N) is 1. The first kappa shape index (κ1) is 10.4.